The van der Waals surface area contributed by atoms with Crippen molar-refractivity contribution < 1.29 is 74.4 Å². The van der Waals surface area contributed by atoms with Gasteiger partial charge in [-0.2, -0.15) is 0 Å². The third kappa shape index (κ3) is 6.95. The number of Topliss-reactive ketones (excluding diaryl/α,β-unsaturated/α-hetero) is 1. The van der Waals surface area contributed by atoms with E-state index >= 15 is 0 Å². The Hall–Kier alpha value is -3.25. The average Bonchev–Trinajstić information content (AvgIpc) is 2.96. The van der Waals surface area contributed by atoms with Gasteiger partial charge in [0.15, 0.2) is 29.7 Å². The zero-order valence-corrected chi connectivity index (χ0v) is 23.3. The van der Waals surface area contributed by atoms with Gasteiger partial charge in [0, 0.05) is 18.6 Å². The molecule has 238 valence electrons. The molecule has 2 aromatic rings. The first-order chi connectivity index (χ1) is 20.4. The van der Waals surface area contributed by atoms with Crippen LogP contribution in [0.1, 0.15) is 29.3 Å². The van der Waals surface area contributed by atoms with E-state index in [0.29, 0.717) is 5.56 Å². The summed E-state index contributed by atoms with van der Waals surface area (Å²) in [5.41, 5.74) is 0.208. The van der Waals surface area contributed by atoms with Crippen LogP contribution >= 0.6 is 0 Å². The van der Waals surface area contributed by atoms with Gasteiger partial charge in [0.2, 0.25) is 6.29 Å². The van der Waals surface area contributed by atoms with Crippen LogP contribution in [-0.2, 0) is 20.6 Å². The van der Waals surface area contributed by atoms with Crippen molar-refractivity contribution in [2.45, 2.75) is 81.2 Å². The molecule has 2 aliphatic heterocycles. The third-order valence-electron chi connectivity index (χ3n) is 7.41. The number of ketones is 1. The first-order valence-electron chi connectivity index (χ1n) is 13.5. The lowest BCUT2D eigenvalue weighted by Gasteiger charge is -2.45. The lowest BCUT2D eigenvalue weighted by Crippen LogP contribution is -2.64. The minimum Gasteiger partial charge on any atom is -0.507 e. The van der Waals surface area contributed by atoms with Gasteiger partial charge >= 0.3 is 0 Å². The van der Waals surface area contributed by atoms with Crippen LogP contribution in [0.4, 0.5) is 0 Å². The number of benzene rings is 2. The predicted octanol–water partition coefficient (Wildman–Crippen LogP) is -1.34. The number of rotatable bonds is 10. The van der Waals surface area contributed by atoms with Crippen molar-refractivity contribution in [3.8, 4) is 28.7 Å². The quantitative estimate of drug-likeness (QED) is 0.141. The number of aromatic hydroxyl groups is 3. The maximum Gasteiger partial charge on any atom is 0.229 e. The Morgan fingerprint density at radius 1 is 0.837 bits per heavy atom. The van der Waals surface area contributed by atoms with Crippen molar-refractivity contribution in [2.24, 2.45) is 0 Å². The number of methoxy groups -OCH3 is 1. The predicted molar refractivity (Wildman–Crippen MR) is 143 cm³/mol. The molecule has 0 bridgehead atoms. The Morgan fingerprint density at radius 2 is 1.51 bits per heavy atom. The molecule has 2 saturated heterocycles. The van der Waals surface area contributed by atoms with Gasteiger partial charge in [-0.3, -0.25) is 4.79 Å². The largest absolute Gasteiger partial charge is 0.507 e. The Morgan fingerprint density at radius 3 is 2.12 bits per heavy atom. The standard InChI is InChI=1S/C28H36O15/c1-11-21(34)23(36)25(38)27(40-11)43-26-24(37)22(35)19(10-29)42-28(26)41-13-8-16(32)20(17(33)9-13)14(30)5-3-12-4-6-18(39-2)15(31)7-12/h4,6-9,11,19,21-29,31-38H,3,5,10H2,1-2H3/t11-,19+,21+,22+,23+,24+,25-,26-,27-,28-/m0/s1. The van der Waals surface area contributed by atoms with Crippen LogP contribution in [0, 0.1) is 0 Å². The maximum absolute atomic E-state index is 12.9. The summed E-state index contributed by atoms with van der Waals surface area (Å²) in [5, 5.41) is 92.3. The molecule has 15 heteroatoms. The van der Waals surface area contributed by atoms with E-state index in [-0.39, 0.29) is 30.1 Å². The van der Waals surface area contributed by atoms with Crippen molar-refractivity contribution in [3.05, 3.63) is 41.5 Å². The van der Waals surface area contributed by atoms with Crippen LogP contribution in [0.3, 0.4) is 0 Å². The van der Waals surface area contributed by atoms with E-state index in [0.717, 1.165) is 12.1 Å². The summed E-state index contributed by atoms with van der Waals surface area (Å²) in [5.74, 6) is -2.04. The van der Waals surface area contributed by atoms with E-state index in [1.807, 2.05) is 0 Å². The number of aliphatic hydroxyl groups is 6. The van der Waals surface area contributed by atoms with Gasteiger partial charge in [-0.1, -0.05) is 6.07 Å². The first kappa shape index (κ1) is 32.7. The van der Waals surface area contributed by atoms with Gasteiger partial charge in [0.1, 0.15) is 59.4 Å². The Balaban J connectivity index is 1.51. The van der Waals surface area contributed by atoms with Gasteiger partial charge in [0.25, 0.3) is 0 Å². The lowest BCUT2D eigenvalue weighted by atomic mass is 9.97. The number of aliphatic hydroxyl groups excluding tert-OH is 6. The highest BCUT2D eigenvalue weighted by atomic mass is 16.8. The SMILES string of the molecule is COc1ccc(CCC(=O)c2c(O)cc(O[C@H]3O[C@H](CO)[C@@H](O)[C@@H](O)[C@@H]3O[C@@H]3O[C@@H](C)[C@@H](O)[C@@H](O)[C@@H]3O)cc2O)cc1O. The van der Waals surface area contributed by atoms with E-state index in [4.69, 9.17) is 23.7 Å². The average molecular weight is 613 g/mol. The van der Waals surface area contributed by atoms with Crippen LogP contribution in [0.25, 0.3) is 0 Å². The van der Waals surface area contributed by atoms with Crippen molar-refractivity contribution in [1.82, 2.24) is 0 Å². The van der Waals surface area contributed by atoms with Crippen molar-refractivity contribution in [2.75, 3.05) is 13.7 Å². The monoisotopic (exact) mass is 612 g/mol. The second-order valence-corrected chi connectivity index (χ2v) is 10.4. The number of carbonyl (C=O) groups is 1. The molecule has 10 atom stereocenters. The second kappa shape index (κ2) is 13.6. The molecule has 0 unspecified atom stereocenters. The van der Waals surface area contributed by atoms with E-state index in [1.54, 1.807) is 6.07 Å². The Bertz CT molecular complexity index is 1250. The Kier molecular flexibility index (Phi) is 10.3. The fourth-order valence-corrected chi connectivity index (χ4v) is 4.93. The van der Waals surface area contributed by atoms with Crippen molar-refractivity contribution in [3.63, 3.8) is 0 Å². The molecule has 2 fully saturated rings. The highest BCUT2D eigenvalue weighted by Gasteiger charge is 2.51. The normalized spacial score (nSPS) is 32.7. The highest BCUT2D eigenvalue weighted by Crippen LogP contribution is 2.37. The molecule has 9 N–H and O–H groups in total. The molecule has 4 rings (SSSR count). The summed E-state index contributed by atoms with van der Waals surface area (Å²) in [7, 11) is 1.40. The topological polar surface area (TPSA) is 245 Å². The molecule has 0 spiro atoms. The lowest BCUT2D eigenvalue weighted by molar-refractivity contribution is -0.354. The molecule has 0 amide bonds. The molecule has 15 nitrogen and oxygen atoms in total. The minimum absolute atomic E-state index is 0.110. The summed E-state index contributed by atoms with van der Waals surface area (Å²) >= 11 is 0. The van der Waals surface area contributed by atoms with E-state index in [9.17, 15) is 50.8 Å². The number of aryl methyl sites for hydroxylation is 1. The summed E-state index contributed by atoms with van der Waals surface area (Å²) in [6.45, 7) is 0.662. The molecule has 2 heterocycles. The number of hydrogen-bond acceptors (Lipinski definition) is 15. The van der Waals surface area contributed by atoms with Crippen LogP contribution in [0.5, 0.6) is 28.7 Å². The molecule has 0 aromatic heterocycles. The number of ether oxygens (including phenoxy) is 5. The smallest absolute Gasteiger partial charge is 0.229 e. The highest BCUT2D eigenvalue weighted by molar-refractivity contribution is 6.01. The second-order valence-electron chi connectivity index (χ2n) is 10.4. The summed E-state index contributed by atoms with van der Waals surface area (Å²) in [4.78, 5) is 12.9. The molecular weight excluding hydrogens is 576 g/mol. The molecule has 43 heavy (non-hydrogen) atoms. The number of phenols is 3. The fourth-order valence-electron chi connectivity index (χ4n) is 4.93. The van der Waals surface area contributed by atoms with Crippen molar-refractivity contribution >= 4 is 5.78 Å². The van der Waals surface area contributed by atoms with Gasteiger partial charge in [-0.25, -0.2) is 0 Å². The number of phenolic OH excluding ortho intramolecular Hbond substituents is 3. The number of carbonyl (C=O) groups excluding carboxylic acids is 1. The van der Waals surface area contributed by atoms with E-state index < -0.39 is 90.9 Å². The summed E-state index contributed by atoms with van der Waals surface area (Å²) < 4.78 is 27.2. The number of hydrogen-bond donors (Lipinski definition) is 9. The fraction of sp³-hybridized carbons (Fsp3) is 0.536. The molecule has 2 aromatic carbocycles. The van der Waals surface area contributed by atoms with E-state index in [2.05, 4.69) is 0 Å². The maximum atomic E-state index is 12.9. The van der Waals surface area contributed by atoms with E-state index in [1.165, 1.54) is 26.2 Å². The van der Waals surface area contributed by atoms with Crippen LogP contribution in [0.2, 0.25) is 0 Å². The first-order valence-corrected chi connectivity index (χ1v) is 13.5. The van der Waals surface area contributed by atoms with Gasteiger partial charge < -0.3 is 69.6 Å². The Labute approximate surface area is 245 Å². The zero-order chi connectivity index (χ0) is 31.6. The molecule has 0 saturated carbocycles. The molecular formula is C28H36O15. The molecule has 2 aliphatic rings. The summed E-state index contributed by atoms with van der Waals surface area (Å²) in [6, 6.07) is 6.59. The summed E-state index contributed by atoms with van der Waals surface area (Å²) in [6.07, 6.45) is -15.5. The van der Waals surface area contributed by atoms with Gasteiger partial charge in [-0.05, 0) is 31.0 Å². The van der Waals surface area contributed by atoms with Crippen LogP contribution in [-0.4, -0.2) is 127 Å². The third-order valence-corrected chi connectivity index (χ3v) is 7.41. The molecule has 0 aliphatic carbocycles. The van der Waals surface area contributed by atoms with Crippen LogP contribution in [0.15, 0.2) is 30.3 Å². The van der Waals surface area contributed by atoms with Crippen molar-refractivity contribution in [1.29, 1.82) is 0 Å². The van der Waals surface area contributed by atoms with Gasteiger partial charge in [-0.15, -0.1) is 0 Å². The zero-order valence-electron chi connectivity index (χ0n) is 23.3. The minimum atomic E-state index is -1.79. The van der Waals surface area contributed by atoms with Crippen LogP contribution < -0.4 is 9.47 Å². The molecule has 0 radical (unpaired) electrons. The van der Waals surface area contributed by atoms with Gasteiger partial charge in [0.05, 0.1) is 19.8 Å².